The second-order valence-electron chi connectivity index (χ2n) is 7.43. The Kier molecular flexibility index (Phi) is 6.74. The molecule has 0 bridgehead atoms. The van der Waals surface area contributed by atoms with Gasteiger partial charge < -0.3 is 14.2 Å². The van der Waals surface area contributed by atoms with Crippen LogP contribution in [0.4, 0.5) is 18.9 Å². The van der Waals surface area contributed by atoms with Crippen molar-refractivity contribution in [3.63, 3.8) is 0 Å². The molecule has 3 aromatic rings. The van der Waals surface area contributed by atoms with Gasteiger partial charge in [0.1, 0.15) is 5.75 Å². The number of rotatable bonds is 8. The number of nitriles is 1. The van der Waals surface area contributed by atoms with E-state index >= 15 is 0 Å². The van der Waals surface area contributed by atoms with Crippen molar-refractivity contribution in [3.8, 4) is 11.8 Å². The highest BCUT2D eigenvalue weighted by atomic mass is 19.4. The molecule has 31 heavy (non-hydrogen) atoms. The Morgan fingerprint density at radius 2 is 2.00 bits per heavy atom. The van der Waals surface area contributed by atoms with Crippen LogP contribution in [0.5, 0.6) is 5.75 Å². The standard InChI is InChI=1S/C23H24F3N3O2/c1-4-6-17-20(10-8-18-21(17)31-28-22(18)23(24,25)26)30-12-5-11-29(3)19-9-7-16(14-27)13-15(19)2/h7-10,13H,4-6,11-12H2,1-3H3. The molecular formula is C23H24F3N3O2. The molecule has 0 radical (unpaired) electrons. The normalized spacial score (nSPS) is 11.5. The second kappa shape index (κ2) is 9.29. The number of aromatic nitrogens is 1. The van der Waals surface area contributed by atoms with E-state index < -0.39 is 11.9 Å². The van der Waals surface area contributed by atoms with Gasteiger partial charge in [-0.1, -0.05) is 18.5 Å². The largest absolute Gasteiger partial charge is 0.493 e. The number of anilines is 1. The Labute approximate surface area is 179 Å². The smallest absolute Gasteiger partial charge is 0.437 e. The molecule has 0 atom stereocenters. The lowest BCUT2D eigenvalue weighted by Gasteiger charge is -2.21. The fourth-order valence-corrected chi connectivity index (χ4v) is 3.62. The molecule has 2 aromatic carbocycles. The Balaban J connectivity index is 1.68. The lowest BCUT2D eigenvalue weighted by atomic mass is 10.0. The van der Waals surface area contributed by atoms with Crippen LogP contribution in [0, 0.1) is 18.3 Å². The first-order valence-corrected chi connectivity index (χ1v) is 10.1. The summed E-state index contributed by atoms with van der Waals surface area (Å²) >= 11 is 0. The maximum absolute atomic E-state index is 13.1. The minimum absolute atomic E-state index is 0.0423. The Morgan fingerprint density at radius 1 is 1.23 bits per heavy atom. The third-order valence-electron chi connectivity index (χ3n) is 5.10. The van der Waals surface area contributed by atoms with Gasteiger partial charge in [-0.25, -0.2) is 0 Å². The van der Waals surface area contributed by atoms with Gasteiger partial charge in [-0.15, -0.1) is 0 Å². The number of halogens is 3. The molecule has 1 heterocycles. The van der Waals surface area contributed by atoms with Crippen LogP contribution in [0.3, 0.4) is 0 Å². The molecule has 8 heteroatoms. The van der Waals surface area contributed by atoms with Gasteiger partial charge in [0, 0.05) is 24.8 Å². The first-order valence-electron chi connectivity index (χ1n) is 10.1. The van der Waals surface area contributed by atoms with E-state index in [0.29, 0.717) is 36.3 Å². The average Bonchev–Trinajstić information content (AvgIpc) is 3.17. The molecule has 5 nitrogen and oxygen atoms in total. The SMILES string of the molecule is CCCc1c(OCCCN(C)c2ccc(C#N)cc2C)ccc2c(C(F)(F)F)noc12. The van der Waals surface area contributed by atoms with Crippen molar-refractivity contribution in [1.82, 2.24) is 5.16 Å². The highest BCUT2D eigenvalue weighted by Gasteiger charge is 2.37. The van der Waals surface area contributed by atoms with Crippen molar-refractivity contribution in [2.75, 3.05) is 25.1 Å². The number of nitrogens with zero attached hydrogens (tertiary/aromatic N) is 3. The molecule has 0 N–H and O–H groups in total. The molecule has 0 saturated heterocycles. The summed E-state index contributed by atoms with van der Waals surface area (Å²) in [4.78, 5) is 2.09. The minimum Gasteiger partial charge on any atom is -0.493 e. The molecule has 0 aliphatic rings. The number of ether oxygens (including phenoxy) is 1. The first kappa shape index (κ1) is 22.5. The highest BCUT2D eigenvalue weighted by Crippen LogP contribution is 2.38. The number of aryl methyl sites for hydroxylation is 2. The molecule has 0 aliphatic carbocycles. The minimum atomic E-state index is -4.56. The average molecular weight is 431 g/mol. The van der Waals surface area contributed by atoms with E-state index in [9.17, 15) is 13.2 Å². The summed E-state index contributed by atoms with van der Waals surface area (Å²) in [6.07, 6.45) is -2.59. The van der Waals surface area contributed by atoms with Crippen LogP contribution in [0.2, 0.25) is 0 Å². The van der Waals surface area contributed by atoms with E-state index in [1.165, 1.54) is 6.07 Å². The molecule has 164 valence electrons. The van der Waals surface area contributed by atoms with Gasteiger partial charge in [-0.2, -0.15) is 18.4 Å². The number of hydrogen-bond acceptors (Lipinski definition) is 5. The molecule has 0 spiro atoms. The van der Waals surface area contributed by atoms with Crippen LogP contribution < -0.4 is 9.64 Å². The lowest BCUT2D eigenvalue weighted by molar-refractivity contribution is -0.141. The number of fused-ring (bicyclic) bond motifs is 1. The molecule has 0 saturated carbocycles. The zero-order valence-electron chi connectivity index (χ0n) is 17.7. The van der Waals surface area contributed by atoms with Crippen molar-refractivity contribution in [1.29, 1.82) is 5.26 Å². The maximum atomic E-state index is 13.1. The van der Waals surface area contributed by atoms with Gasteiger partial charge in [-0.05, 0) is 55.7 Å². The maximum Gasteiger partial charge on any atom is 0.437 e. The predicted molar refractivity (Wildman–Crippen MR) is 112 cm³/mol. The monoisotopic (exact) mass is 431 g/mol. The predicted octanol–water partition coefficient (Wildman–Crippen LogP) is 5.88. The van der Waals surface area contributed by atoms with Gasteiger partial charge in [0.25, 0.3) is 0 Å². The molecular weight excluding hydrogens is 407 g/mol. The lowest BCUT2D eigenvalue weighted by Crippen LogP contribution is -2.21. The van der Waals surface area contributed by atoms with Crippen molar-refractivity contribution >= 4 is 16.7 Å². The molecule has 0 amide bonds. The highest BCUT2D eigenvalue weighted by molar-refractivity contribution is 5.85. The van der Waals surface area contributed by atoms with Gasteiger partial charge in [0.05, 0.1) is 23.6 Å². The summed E-state index contributed by atoms with van der Waals surface area (Å²) in [5, 5.41) is 12.2. The van der Waals surface area contributed by atoms with Crippen LogP contribution in [0.15, 0.2) is 34.9 Å². The van der Waals surface area contributed by atoms with E-state index in [1.807, 2.05) is 33.0 Å². The number of hydrogen-bond donors (Lipinski definition) is 0. The number of alkyl halides is 3. The summed E-state index contributed by atoms with van der Waals surface area (Å²) in [7, 11) is 1.97. The molecule has 3 rings (SSSR count). The van der Waals surface area contributed by atoms with Crippen molar-refractivity contribution in [2.24, 2.45) is 0 Å². The van der Waals surface area contributed by atoms with E-state index in [0.717, 1.165) is 24.2 Å². The molecule has 0 unspecified atom stereocenters. The summed E-state index contributed by atoms with van der Waals surface area (Å²) < 4.78 is 50.3. The van der Waals surface area contributed by atoms with E-state index in [-0.39, 0.29) is 11.0 Å². The fraction of sp³-hybridized carbons (Fsp3) is 0.391. The Hall–Kier alpha value is -3.21. The van der Waals surface area contributed by atoms with E-state index in [2.05, 4.69) is 16.1 Å². The quantitative estimate of drug-likeness (QED) is 0.417. The van der Waals surface area contributed by atoms with E-state index in [1.54, 1.807) is 12.1 Å². The van der Waals surface area contributed by atoms with Crippen LogP contribution in [-0.2, 0) is 12.6 Å². The van der Waals surface area contributed by atoms with Crippen LogP contribution >= 0.6 is 0 Å². The molecule has 0 fully saturated rings. The van der Waals surface area contributed by atoms with Crippen molar-refractivity contribution in [2.45, 2.75) is 39.3 Å². The summed E-state index contributed by atoms with van der Waals surface area (Å²) in [5.41, 5.74) is 2.41. The van der Waals surface area contributed by atoms with Gasteiger partial charge in [0.15, 0.2) is 11.3 Å². The third kappa shape index (κ3) is 4.93. The van der Waals surface area contributed by atoms with E-state index in [4.69, 9.17) is 14.5 Å². The van der Waals surface area contributed by atoms with Gasteiger partial charge >= 0.3 is 6.18 Å². The topological polar surface area (TPSA) is 62.3 Å². The zero-order valence-corrected chi connectivity index (χ0v) is 17.7. The first-order chi connectivity index (χ1) is 14.8. The zero-order chi connectivity index (χ0) is 22.6. The van der Waals surface area contributed by atoms with Crippen molar-refractivity contribution in [3.05, 3.63) is 52.7 Å². The Morgan fingerprint density at radius 3 is 2.65 bits per heavy atom. The fourth-order valence-electron chi connectivity index (χ4n) is 3.62. The molecule has 1 aromatic heterocycles. The van der Waals surface area contributed by atoms with Gasteiger partial charge in [0.2, 0.25) is 0 Å². The Bertz CT molecular complexity index is 1100. The summed E-state index contributed by atoms with van der Waals surface area (Å²) in [5.74, 6) is 0.524. The third-order valence-corrected chi connectivity index (χ3v) is 5.10. The van der Waals surface area contributed by atoms with Crippen LogP contribution in [0.1, 0.15) is 42.1 Å². The molecule has 0 aliphatic heterocycles. The summed E-state index contributed by atoms with van der Waals surface area (Å²) in [6, 6.07) is 10.6. The van der Waals surface area contributed by atoms with Crippen LogP contribution in [-0.4, -0.2) is 25.4 Å². The van der Waals surface area contributed by atoms with Crippen molar-refractivity contribution < 1.29 is 22.4 Å². The summed E-state index contributed by atoms with van der Waals surface area (Å²) in [6.45, 7) is 5.03. The van der Waals surface area contributed by atoms with Crippen LogP contribution in [0.25, 0.3) is 11.0 Å². The number of benzene rings is 2. The van der Waals surface area contributed by atoms with Gasteiger partial charge in [-0.3, -0.25) is 0 Å². The second-order valence-corrected chi connectivity index (χ2v) is 7.43.